The Labute approximate surface area is 149 Å². The van der Waals surface area contributed by atoms with E-state index < -0.39 is 0 Å². The van der Waals surface area contributed by atoms with Crippen molar-refractivity contribution in [3.05, 3.63) is 93.8 Å². The van der Waals surface area contributed by atoms with E-state index in [1.165, 1.54) is 22.3 Å². The molecule has 0 aliphatic heterocycles. The summed E-state index contributed by atoms with van der Waals surface area (Å²) in [6, 6.07) is 17.4. The highest BCUT2D eigenvalue weighted by atomic mass is 19.1. The van der Waals surface area contributed by atoms with Gasteiger partial charge in [0.05, 0.1) is 5.56 Å². The Morgan fingerprint density at radius 2 is 1.28 bits per heavy atom. The summed E-state index contributed by atoms with van der Waals surface area (Å²) in [5.41, 5.74) is 8.10. The zero-order chi connectivity index (χ0) is 18.0. The van der Waals surface area contributed by atoms with Crippen LogP contribution in [-0.4, -0.2) is 0 Å². The summed E-state index contributed by atoms with van der Waals surface area (Å²) in [6.45, 7) is 8.29. The lowest BCUT2D eigenvalue weighted by molar-refractivity contribution is 0.625. The topological polar surface area (TPSA) is 0 Å². The molecule has 3 aromatic carbocycles. The molecule has 0 fully saturated rings. The lowest BCUT2D eigenvalue weighted by Crippen LogP contribution is -1.89. The standard InChI is InChI=1S/C24H21F/c1-16-5-8-21(9-6-16)23-12-11-22(24(25)15-23)10-7-20-13-17(2)19(4)18(3)14-20/h5-6,8-9,11-15H,1-4H3. The first-order valence-electron chi connectivity index (χ1n) is 8.40. The average molecular weight is 328 g/mol. The molecular weight excluding hydrogens is 307 g/mol. The van der Waals surface area contributed by atoms with Crippen molar-refractivity contribution in [3.63, 3.8) is 0 Å². The first-order valence-corrected chi connectivity index (χ1v) is 8.40. The molecule has 0 atom stereocenters. The van der Waals surface area contributed by atoms with Crippen LogP contribution in [0.3, 0.4) is 0 Å². The van der Waals surface area contributed by atoms with Crippen molar-refractivity contribution in [2.75, 3.05) is 0 Å². The predicted molar refractivity (Wildman–Crippen MR) is 103 cm³/mol. The molecule has 3 aromatic rings. The molecule has 0 saturated heterocycles. The molecule has 0 saturated carbocycles. The zero-order valence-corrected chi connectivity index (χ0v) is 15.1. The third kappa shape index (κ3) is 3.80. The molecule has 0 N–H and O–H groups in total. The van der Waals surface area contributed by atoms with Crippen molar-refractivity contribution in [1.29, 1.82) is 0 Å². The maximum absolute atomic E-state index is 14.4. The van der Waals surface area contributed by atoms with Crippen LogP contribution in [0.15, 0.2) is 54.6 Å². The van der Waals surface area contributed by atoms with Crippen molar-refractivity contribution < 1.29 is 4.39 Å². The molecule has 0 aliphatic carbocycles. The van der Waals surface area contributed by atoms with Gasteiger partial charge in [0, 0.05) is 5.56 Å². The highest BCUT2D eigenvalue weighted by Gasteiger charge is 2.04. The van der Waals surface area contributed by atoms with Crippen LogP contribution in [0.4, 0.5) is 4.39 Å². The first-order chi connectivity index (χ1) is 11.9. The summed E-state index contributed by atoms with van der Waals surface area (Å²) < 4.78 is 14.4. The summed E-state index contributed by atoms with van der Waals surface area (Å²) >= 11 is 0. The van der Waals surface area contributed by atoms with Crippen LogP contribution in [0.2, 0.25) is 0 Å². The summed E-state index contributed by atoms with van der Waals surface area (Å²) in [7, 11) is 0. The molecule has 3 rings (SSSR count). The first kappa shape index (κ1) is 17.0. The van der Waals surface area contributed by atoms with Crippen molar-refractivity contribution in [2.24, 2.45) is 0 Å². The van der Waals surface area contributed by atoms with Crippen LogP contribution in [0.5, 0.6) is 0 Å². The van der Waals surface area contributed by atoms with Gasteiger partial charge in [-0.3, -0.25) is 0 Å². The fraction of sp³-hybridized carbons (Fsp3) is 0.167. The molecule has 0 amide bonds. The number of benzene rings is 3. The largest absolute Gasteiger partial charge is 0.206 e. The van der Waals surface area contributed by atoms with E-state index >= 15 is 0 Å². The van der Waals surface area contributed by atoms with E-state index in [4.69, 9.17) is 0 Å². The molecule has 0 aromatic heterocycles. The minimum atomic E-state index is -0.286. The van der Waals surface area contributed by atoms with Gasteiger partial charge in [-0.25, -0.2) is 4.39 Å². The Balaban J connectivity index is 1.91. The minimum absolute atomic E-state index is 0.286. The summed E-state index contributed by atoms with van der Waals surface area (Å²) in [5.74, 6) is 5.77. The van der Waals surface area contributed by atoms with Crippen molar-refractivity contribution in [2.45, 2.75) is 27.7 Å². The summed E-state index contributed by atoms with van der Waals surface area (Å²) in [6.07, 6.45) is 0. The maximum atomic E-state index is 14.4. The Kier molecular flexibility index (Phi) is 4.72. The number of halogens is 1. The van der Waals surface area contributed by atoms with Crippen LogP contribution in [0.25, 0.3) is 11.1 Å². The van der Waals surface area contributed by atoms with E-state index in [0.29, 0.717) is 5.56 Å². The van der Waals surface area contributed by atoms with Gasteiger partial charge in [0.25, 0.3) is 0 Å². The molecule has 0 unspecified atom stereocenters. The quantitative estimate of drug-likeness (QED) is 0.472. The van der Waals surface area contributed by atoms with Gasteiger partial charge in [-0.1, -0.05) is 47.7 Å². The Morgan fingerprint density at radius 1 is 0.680 bits per heavy atom. The minimum Gasteiger partial charge on any atom is -0.206 e. The second-order valence-corrected chi connectivity index (χ2v) is 6.55. The van der Waals surface area contributed by atoms with Crippen LogP contribution < -0.4 is 0 Å². The van der Waals surface area contributed by atoms with Gasteiger partial charge in [0.2, 0.25) is 0 Å². The SMILES string of the molecule is Cc1ccc(-c2ccc(C#Cc3cc(C)c(C)c(C)c3)c(F)c2)cc1. The van der Waals surface area contributed by atoms with Crippen molar-refractivity contribution in [1.82, 2.24) is 0 Å². The average Bonchev–Trinajstić information content (AvgIpc) is 2.59. The van der Waals surface area contributed by atoms with Gasteiger partial charge < -0.3 is 0 Å². The fourth-order valence-electron chi connectivity index (χ4n) is 2.79. The van der Waals surface area contributed by atoms with E-state index in [1.807, 2.05) is 49.4 Å². The molecular formula is C24H21F. The molecule has 0 spiro atoms. The van der Waals surface area contributed by atoms with E-state index in [1.54, 1.807) is 12.1 Å². The van der Waals surface area contributed by atoms with Crippen LogP contribution in [-0.2, 0) is 0 Å². The van der Waals surface area contributed by atoms with E-state index in [0.717, 1.165) is 16.7 Å². The lowest BCUT2D eigenvalue weighted by atomic mass is 10.00. The number of aryl methyl sites for hydroxylation is 3. The van der Waals surface area contributed by atoms with E-state index in [-0.39, 0.29) is 5.82 Å². The second-order valence-electron chi connectivity index (χ2n) is 6.55. The third-order valence-electron chi connectivity index (χ3n) is 4.62. The molecule has 0 bridgehead atoms. The molecule has 0 nitrogen and oxygen atoms in total. The smallest absolute Gasteiger partial charge is 0.139 e. The van der Waals surface area contributed by atoms with Crippen LogP contribution >= 0.6 is 0 Å². The van der Waals surface area contributed by atoms with Crippen LogP contribution in [0, 0.1) is 45.4 Å². The number of rotatable bonds is 1. The van der Waals surface area contributed by atoms with Crippen LogP contribution in [0.1, 0.15) is 33.4 Å². The highest BCUT2D eigenvalue weighted by Crippen LogP contribution is 2.22. The van der Waals surface area contributed by atoms with Gasteiger partial charge in [-0.15, -0.1) is 0 Å². The van der Waals surface area contributed by atoms with Gasteiger partial charge >= 0.3 is 0 Å². The molecule has 25 heavy (non-hydrogen) atoms. The Hall–Kier alpha value is -2.85. The number of hydrogen-bond acceptors (Lipinski definition) is 0. The van der Waals surface area contributed by atoms with Gasteiger partial charge in [-0.05, 0) is 79.8 Å². The lowest BCUT2D eigenvalue weighted by Gasteiger charge is -2.05. The molecule has 0 heterocycles. The van der Waals surface area contributed by atoms with E-state index in [9.17, 15) is 4.39 Å². The Morgan fingerprint density at radius 3 is 1.88 bits per heavy atom. The summed E-state index contributed by atoms with van der Waals surface area (Å²) in [4.78, 5) is 0. The van der Waals surface area contributed by atoms with Gasteiger partial charge in [0.15, 0.2) is 0 Å². The molecule has 124 valence electrons. The molecule has 0 radical (unpaired) electrons. The maximum Gasteiger partial charge on any atom is 0.139 e. The molecule has 0 aliphatic rings. The highest BCUT2D eigenvalue weighted by molar-refractivity contribution is 5.65. The van der Waals surface area contributed by atoms with Gasteiger partial charge in [0.1, 0.15) is 5.82 Å². The van der Waals surface area contributed by atoms with Crippen molar-refractivity contribution >= 4 is 0 Å². The second kappa shape index (κ2) is 6.95. The van der Waals surface area contributed by atoms with Crippen molar-refractivity contribution in [3.8, 4) is 23.0 Å². The fourth-order valence-corrected chi connectivity index (χ4v) is 2.79. The molecule has 1 heteroatoms. The predicted octanol–water partition coefficient (Wildman–Crippen LogP) is 6.13. The number of hydrogen-bond donors (Lipinski definition) is 0. The normalized spacial score (nSPS) is 10.3. The zero-order valence-electron chi connectivity index (χ0n) is 15.1. The summed E-state index contributed by atoms with van der Waals surface area (Å²) in [5, 5.41) is 0. The monoisotopic (exact) mass is 328 g/mol. The third-order valence-corrected chi connectivity index (χ3v) is 4.62. The van der Waals surface area contributed by atoms with Gasteiger partial charge in [-0.2, -0.15) is 0 Å². The van der Waals surface area contributed by atoms with E-state index in [2.05, 4.69) is 32.6 Å². The Bertz CT molecular complexity index is 960.